The Hall–Kier alpha value is -2.27. The first-order valence-corrected chi connectivity index (χ1v) is 5.57. The number of benzene rings is 1. The molecular formula is C13H11FN4. The number of imidazole rings is 1. The van der Waals surface area contributed by atoms with Crippen molar-refractivity contribution in [3.8, 4) is 11.3 Å². The Bertz CT molecular complexity index is 688. The van der Waals surface area contributed by atoms with Crippen molar-refractivity contribution in [1.29, 1.82) is 0 Å². The third kappa shape index (κ3) is 1.65. The van der Waals surface area contributed by atoms with Gasteiger partial charge in [-0.05, 0) is 30.3 Å². The molecule has 0 atom stereocenters. The van der Waals surface area contributed by atoms with Crippen LogP contribution in [0.15, 0.2) is 42.7 Å². The van der Waals surface area contributed by atoms with Crippen molar-refractivity contribution in [2.24, 2.45) is 5.73 Å². The maximum Gasteiger partial charge on any atom is 0.164 e. The molecule has 0 bridgehead atoms. The van der Waals surface area contributed by atoms with Crippen LogP contribution in [0.4, 0.5) is 4.39 Å². The van der Waals surface area contributed by atoms with Gasteiger partial charge in [-0.15, -0.1) is 0 Å². The SMILES string of the molecule is NCc1nc(-c2ccc(F)cc2)c2ncccn12. The van der Waals surface area contributed by atoms with Gasteiger partial charge >= 0.3 is 0 Å². The van der Waals surface area contributed by atoms with Gasteiger partial charge in [0, 0.05) is 18.0 Å². The number of nitrogens with zero attached hydrogens (tertiary/aromatic N) is 3. The molecule has 0 spiro atoms. The van der Waals surface area contributed by atoms with Gasteiger partial charge in [-0.3, -0.25) is 4.40 Å². The smallest absolute Gasteiger partial charge is 0.164 e. The number of aromatic nitrogens is 3. The van der Waals surface area contributed by atoms with Crippen molar-refractivity contribution in [2.75, 3.05) is 0 Å². The molecule has 0 amide bonds. The molecule has 0 radical (unpaired) electrons. The lowest BCUT2D eigenvalue weighted by Crippen LogP contribution is -2.02. The number of hydrogen-bond acceptors (Lipinski definition) is 3. The van der Waals surface area contributed by atoms with Crippen molar-refractivity contribution < 1.29 is 4.39 Å². The fourth-order valence-corrected chi connectivity index (χ4v) is 1.93. The van der Waals surface area contributed by atoms with Gasteiger partial charge in [0.05, 0.1) is 6.54 Å². The quantitative estimate of drug-likeness (QED) is 0.747. The van der Waals surface area contributed by atoms with E-state index in [4.69, 9.17) is 5.73 Å². The van der Waals surface area contributed by atoms with Crippen molar-refractivity contribution in [1.82, 2.24) is 14.4 Å². The van der Waals surface area contributed by atoms with Crippen LogP contribution < -0.4 is 5.73 Å². The Balaban J connectivity index is 2.26. The average Bonchev–Trinajstić information content (AvgIpc) is 2.79. The summed E-state index contributed by atoms with van der Waals surface area (Å²) >= 11 is 0. The zero-order chi connectivity index (χ0) is 12.5. The zero-order valence-electron chi connectivity index (χ0n) is 9.55. The van der Waals surface area contributed by atoms with E-state index >= 15 is 0 Å². The van der Waals surface area contributed by atoms with E-state index < -0.39 is 0 Å². The fourth-order valence-electron chi connectivity index (χ4n) is 1.93. The van der Waals surface area contributed by atoms with Crippen LogP contribution in [0.25, 0.3) is 16.9 Å². The molecule has 1 aromatic carbocycles. The van der Waals surface area contributed by atoms with Gasteiger partial charge in [-0.25, -0.2) is 14.4 Å². The van der Waals surface area contributed by atoms with E-state index in [-0.39, 0.29) is 5.82 Å². The molecule has 0 aliphatic carbocycles. The number of fused-ring (bicyclic) bond motifs is 1. The highest BCUT2D eigenvalue weighted by atomic mass is 19.1. The van der Waals surface area contributed by atoms with E-state index in [1.54, 1.807) is 18.3 Å². The van der Waals surface area contributed by atoms with E-state index in [9.17, 15) is 4.39 Å². The second kappa shape index (κ2) is 4.19. The summed E-state index contributed by atoms with van der Waals surface area (Å²) in [5.41, 5.74) is 7.93. The summed E-state index contributed by atoms with van der Waals surface area (Å²) in [6.07, 6.45) is 3.56. The van der Waals surface area contributed by atoms with Crippen LogP contribution in [-0.2, 0) is 6.54 Å². The lowest BCUT2D eigenvalue weighted by atomic mass is 10.1. The Kier molecular flexibility index (Phi) is 2.53. The molecule has 3 aromatic rings. The van der Waals surface area contributed by atoms with Crippen LogP contribution in [0.5, 0.6) is 0 Å². The maximum atomic E-state index is 12.9. The van der Waals surface area contributed by atoms with Gasteiger partial charge in [-0.2, -0.15) is 0 Å². The summed E-state index contributed by atoms with van der Waals surface area (Å²) in [7, 11) is 0. The first-order chi connectivity index (χ1) is 8.79. The van der Waals surface area contributed by atoms with Crippen molar-refractivity contribution >= 4 is 5.65 Å². The second-order valence-electron chi connectivity index (χ2n) is 3.90. The average molecular weight is 242 g/mol. The van der Waals surface area contributed by atoms with Crippen LogP contribution >= 0.6 is 0 Å². The minimum Gasteiger partial charge on any atom is -0.324 e. The Labute approximate surface area is 103 Å². The molecule has 0 fully saturated rings. The molecule has 2 aromatic heterocycles. The Morgan fingerprint density at radius 1 is 1.22 bits per heavy atom. The molecule has 0 aliphatic rings. The van der Waals surface area contributed by atoms with Gasteiger partial charge in [0.2, 0.25) is 0 Å². The number of hydrogen-bond donors (Lipinski definition) is 1. The third-order valence-corrected chi connectivity index (χ3v) is 2.78. The summed E-state index contributed by atoms with van der Waals surface area (Å²) in [6.45, 7) is 0.327. The summed E-state index contributed by atoms with van der Waals surface area (Å²) in [4.78, 5) is 8.76. The van der Waals surface area contributed by atoms with Crippen LogP contribution in [0.3, 0.4) is 0 Å². The minimum absolute atomic E-state index is 0.269. The molecule has 2 heterocycles. The lowest BCUT2D eigenvalue weighted by Gasteiger charge is -1.97. The molecule has 2 N–H and O–H groups in total. The topological polar surface area (TPSA) is 56.2 Å². The zero-order valence-corrected chi connectivity index (χ0v) is 9.55. The molecule has 3 rings (SSSR count). The van der Waals surface area contributed by atoms with Crippen molar-refractivity contribution in [3.63, 3.8) is 0 Å². The maximum absolute atomic E-state index is 12.9. The minimum atomic E-state index is -0.269. The highest BCUT2D eigenvalue weighted by Crippen LogP contribution is 2.23. The monoisotopic (exact) mass is 242 g/mol. The van der Waals surface area contributed by atoms with E-state index in [2.05, 4.69) is 9.97 Å². The normalized spacial score (nSPS) is 11.0. The van der Waals surface area contributed by atoms with E-state index in [0.717, 1.165) is 22.7 Å². The first kappa shape index (κ1) is 10.9. The largest absolute Gasteiger partial charge is 0.324 e. The van der Waals surface area contributed by atoms with Gasteiger partial charge in [0.25, 0.3) is 0 Å². The highest BCUT2D eigenvalue weighted by molar-refractivity contribution is 5.74. The van der Waals surface area contributed by atoms with Gasteiger partial charge in [-0.1, -0.05) is 0 Å². The van der Waals surface area contributed by atoms with E-state index in [0.29, 0.717) is 6.54 Å². The molecule has 90 valence electrons. The predicted octanol–water partition coefficient (Wildman–Crippen LogP) is 1.99. The Morgan fingerprint density at radius 3 is 2.72 bits per heavy atom. The molecule has 4 nitrogen and oxygen atoms in total. The third-order valence-electron chi connectivity index (χ3n) is 2.78. The van der Waals surface area contributed by atoms with Crippen LogP contribution in [0, 0.1) is 5.82 Å². The molecule has 0 saturated heterocycles. The Morgan fingerprint density at radius 2 is 2.00 bits per heavy atom. The molecule has 0 aliphatic heterocycles. The van der Waals surface area contributed by atoms with Gasteiger partial charge in [0.15, 0.2) is 5.65 Å². The number of nitrogens with two attached hydrogens (primary N) is 1. The number of rotatable bonds is 2. The van der Waals surface area contributed by atoms with Gasteiger partial charge < -0.3 is 5.73 Å². The standard InChI is InChI=1S/C13H11FN4/c14-10-4-2-9(3-5-10)12-13-16-6-1-7-18(13)11(8-15)17-12/h1-7H,8,15H2. The summed E-state index contributed by atoms with van der Waals surface area (Å²) in [5.74, 6) is 0.465. The summed E-state index contributed by atoms with van der Waals surface area (Å²) in [6, 6.07) is 8.01. The summed E-state index contributed by atoms with van der Waals surface area (Å²) in [5, 5.41) is 0. The van der Waals surface area contributed by atoms with E-state index in [1.165, 1.54) is 12.1 Å². The van der Waals surface area contributed by atoms with Crippen LogP contribution in [-0.4, -0.2) is 14.4 Å². The highest BCUT2D eigenvalue weighted by Gasteiger charge is 2.12. The predicted molar refractivity (Wildman–Crippen MR) is 66.3 cm³/mol. The molecular weight excluding hydrogens is 231 g/mol. The molecule has 5 heteroatoms. The fraction of sp³-hybridized carbons (Fsp3) is 0.0769. The summed E-state index contributed by atoms with van der Waals surface area (Å²) < 4.78 is 14.8. The van der Waals surface area contributed by atoms with Gasteiger partial charge in [0.1, 0.15) is 17.3 Å². The molecule has 18 heavy (non-hydrogen) atoms. The lowest BCUT2D eigenvalue weighted by molar-refractivity contribution is 0.628. The number of halogens is 1. The van der Waals surface area contributed by atoms with Crippen molar-refractivity contribution in [2.45, 2.75) is 6.54 Å². The molecule has 0 saturated carbocycles. The van der Waals surface area contributed by atoms with Crippen LogP contribution in [0.2, 0.25) is 0 Å². The second-order valence-corrected chi connectivity index (χ2v) is 3.90. The van der Waals surface area contributed by atoms with E-state index in [1.807, 2.05) is 16.7 Å². The van der Waals surface area contributed by atoms with Crippen molar-refractivity contribution in [3.05, 3.63) is 54.4 Å². The molecule has 0 unspecified atom stereocenters. The first-order valence-electron chi connectivity index (χ1n) is 5.57. The van der Waals surface area contributed by atoms with Crippen LogP contribution in [0.1, 0.15) is 5.82 Å².